The molecule has 1 aliphatic rings. The molecule has 0 aliphatic carbocycles. The van der Waals surface area contributed by atoms with E-state index in [1.807, 2.05) is 6.92 Å². The Labute approximate surface area is 134 Å². The van der Waals surface area contributed by atoms with Gasteiger partial charge in [0.25, 0.3) is 11.7 Å². The number of hydrogen-bond donors (Lipinski definition) is 1. The van der Waals surface area contributed by atoms with Crippen molar-refractivity contribution in [2.45, 2.75) is 26.3 Å². The number of aromatic nitrogens is 3. The molecular weight excluding hydrogens is 294 g/mol. The van der Waals surface area contributed by atoms with Crippen LogP contribution < -0.4 is 10.2 Å². The smallest absolute Gasteiger partial charge is 0.296 e. The van der Waals surface area contributed by atoms with E-state index in [0.29, 0.717) is 12.2 Å². The molecule has 1 N–H and O–H groups in total. The van der Waals surface area contributed by atoms with Crippen molar-refractivity contribution >= 4 is 23.2 Å². The molecule has 3 heterocycles. The van der Waals surface area contributed by atoms with Crippen LogP contribution in [0.1, 0.15) is 30.1 Å². The number of anilines is 2. The van der Waals surface area contributed by atoms with Gasteiger partial charge in [-0.15, -0.1) is 0 Å². The van der Waals surface area contributed by atoms with Crippen LogP contribution in [0.5, 0.6) is 0 Å². The molecule has 2 aromatic rings. The van der Waals surface area contributed by atoms with Crippen LogP contribution >= 0.6 is 0 Å². The normalized spacial score (nSPS) is 14.0. The van der Waals surface area contributed by atoms with Crippen molar-refractivity contribution in [3.8, 4) is 0 Å². The van der Waals surface area contributed by atoms with Gasteiger partial charge in [-0.2, -0.15) is 5.10 Å². The number of nitrogens with zero attached hydrogens (tertiary/aromatic N) is 4. The Hall–Kier alpha value is -2.70. The first kappa shape index (κ1) is 15.2. The molecule has 0 radical (unpaired) electrons. The van der Waals surface area contributed by atoms with Crippen LogP contribution in [0.3, 0.4) is 0 Å². The number of carbonyl (C=O) groups is 2. The molecule has 2 aromatic heterocycles. The molecule has 1 saturated heterocycles. The van der Waals surface area contributed by atoms with Crippen LogP contribution in [-0.4, -0.2) is 39.5 Å². The zero-order chi connectivity index (χ0) is 16.2. The van der Waals surface area contributed by atoms with Crippen LogP contribution in [-0.2, 0) is 11.3 Å². The van der Waals surface area contributed by atoms with Crippen molar-refractivity contribution in [1.82, 2.24) is 14.8 Å². The van der Waals surface area contributed by atoms with Crippen LogP contribution in [0.25, 0.3) is 0 Å². The third-order valence-corrected chi connectivity index (χ3v) is 3.87. The maximum absolute atomic E-state index is 12.2. The number of ketones is 1. The maximum atomic E-state index is 12.2. The number of hydrogen-bond acceptors (Lipinski definition) is 5. The molecule has 1 fully saturated rings. The van der Waals surface area contributed by atoms with Crippen LogP contribution in [0.15, 0.2) is 30.7 Å². The third kappa shape index (κ3) is 3.23. The van der Waals surface area contributed by atoms with E-state index in [9.17, 15) is 9.59 Å². The zero-order valence-electron chi connectivity index (χ0n) is 13.0. The minimum atomic E-state index is -0.672. The van der Waals surface area contributed by atoms with Gasteiger partial charge in [0.1, 0.15) is 0 Å². The van der Waals surface area contributed by atoms with E-state index < -0.39 is 11.7 Å². The van der Waals surface area contributed by atoms with Crippen molar-refractivity contribution in [1.29, 1.82) is 0 Å². The van der Waals surface area contributed by atoms with E-state index in [1.54, 1.807) is 29.2 Å². The lowest BCUT2D eigenvalue weighted by Gasteiger charge is -2.19. The first-order chi connectivity index (χ1) is 11.2. The van der Waals surface area contributed by atoms with Crippen molar-refractivity contribution in [2.75, 3.05) is 23.3 Å². The summed E-state index contributed by atoms with van der Waals surface area (Å²) in [6.07, 6.45) is 6.90. The molecule has 1 amide bonds. The van der Waals surface area contributed by atoms with Gasteiger partial charge in [0.15, 0.2) is 5.82 Å². The number of pyridine rings is 1. The Kier molecular flexibility index (Phi) is 4.36. The van der Waals surface area contributed by atoms with Crippen molar-refractivity contribution in [2.24, 2.45) is 0 Å². The fourth-order valence-electron chi connectivity index (χ4n) is 2.64. The van der Waals surface area contributed by atoms with Crippen LogP contribution in [0, 0.1) is 0 Å². The summed E-state index contributed by atoms with van der Waals surface area (Å²) in [7, 11) is 0. The van der Waals surface area contributed by atoms with E-state index in [0.717, 1.165) is 31.7 Å². The number of amides is 1. The largest absolute Gasteiger partial charge is 0.355 e. The second-order valence-electron chi connectivity index (χ2n) is 5.44. The first-order valence-corrected chi connectivity index (χ1v) is 7.77. The Morgan fingerprint density at radius 1 is 1.30 bits per heavy atom. The van der Waals surface area contributed by atoms with Crippen molar-refractivity contribution in [3.05, 3.63) is 36.3 Å². The second-order valence-corrected chi connectivity index (χ2v) is 5.44. The standard InChI is InChI=1S/C16H19N5O2/c1-2-21-11-12(10-18-21)14(22)16(23)19-13-6-5-7-17-15(13)20-8-3-4-9-20/h5-7,10-11H,2-4,8-9H2,1H3,(H,19,23). The molecule has 0 aromatic carbocycles. The summed E-state index contributed by atoms with van der Waals surface area (Å²) in [6, 6.07) is 3.51. The van der Waals surface area contributed by atoms with Gasteiger partial charge in [0.05, 0.1) is 17.4 Å². The Bertz CT molecular complexity index is 719. The molecule has 23 heavy (non-hydrogen) atoms. The molecule has 0 saturated carbocycles. The summed E-state index contributed by atoms with van der Waals surface area (Å²) in [6.45, 7) is 4.39. The first-order valence-electron chi connectivity index (χ1n) is 7.77. The topological polar surface area (TPSA) is 80.1 Å². The average molecular weight is 313 g/mol. The minimum Gasteiger partial charge on any atom is -0.355 e. The zero-order valence-corrected chi connectivity index (χ0v) is 13.0. The predicted molar refractivity (Wildman–Crippen MR) is 86.5 cm³/mol. The van der Waals surface area contributed by atoms with Gasteiger partial charge in [-0.3, -0.25) is 14.3 Å². The molecule has 0 bridgehead atoms. The Morgan fingerprint density at radius 2 is 2.09 bits per heavy atom. The van der Waals surface area contributed by atoms with Crippen LogP contribution in [0.2, 0.25) is 0 Å². The van der Waals surface area contributed by atoms with Gasteiger partial charge in [-0.05, 0) is 31.9 Å². The van der Waals surface area contributed by atoms with Crippen LogP contribution in [0.4, 0.5) is 11.5 Å². The Balaban J connectivity index is 1.76. The maximum Gasteiger partial charge on any atom is 0.296 e. The summed E-state index contributed by atoms with van der Waals surface area (Å²) in [4.78, 5) is 30.9. The molecule has 0 atom stereocenters. The van der Waals surface area contributed by atoms with E-state index in [1.165, 1.54) is 6.20 Å². The molecular formula is C16H19N5O2. The summed E-state index contributed by atoms with van der Waals surface area (Å²) < 4.78 is 1.61. The van der Waals surface area contributed by atoms with E-state index in [4.69, 9.17) is 0 Å². The Morgan fingerprint density at radius 3 is 2.78 bits per heavy atom. The highest BCUT2D eigenvalue weighted by Gasteiger charge is 2.22. The SMILES string of the molecule is CCn1cc(C(=O)C(=O)Nc2cccnc2N2CCCC2)cn1. The summed E-state index contributed by atoms with van der Waals surface area (Å²) in [5, 5.41) is 6.70. The molecule has 120 valence electrons. The number of Topliss-reactive ketones (excluding diaryl/α,β-unsaturated/α-hetero) is 1. The third-order valence-electron chi connectivity index (χ3n) is 3.87. The van der Waals surface area contributed by atoms with E-state index in [-0.39, 0.29) is 5.56 Å². The number of nitrogens with one attached hydrogen (secondary N) is 1. The van der Waals surface area contributed by atoms with Gasteiger partial charge >= 0.3 is 0 Å². The van der Waals surface area contributed by atoms with E-state index >= 15 is 0 Å². The monoisotopic (exact) mass is 313 g/mol. The van der Waals surface area contributed by atoms with Gasteiger partial charge in [0, 0.05) is 32.0 Å². The van der Waals surface area contributed by atoms with Gasteiger partial charge in [0.2, 0.25) is 0 Å². The molecule has 3 rings (SSSR count). The summed E-state index contributed by atoms with van der Waals surface area (Å²) in [5.41, 5.74) is 0.853. The molecule has 7 heteroatoms. The molecule has 7 nitrogen and oxygen atoms in total. The molecule has 1 aliphatic heterocycles. The highest BCUT2D eigenvalue weighted by molar-refractivity contribution is 6.46. The fraction of sp³-hybridized carbons (Fsp3) is 0.375. The summed E-state index contributed by atoms with van der Waals surface area (Å²) in [5.74, 6) is -0.551. The number of rotatable bonds is 5. The van der Waals surface area contributed by atoms with Crippen molar-refractivity contribution < 1.29 is 9.59 Å². The van der Waals surface area contributed by atoms with Crippen molar-refractivity contribution in [3.63, 3.8) is 0 Å². The lowest BCUT2D eigenvalue weighted by atomic mass is 10.2. The lowest BCUT2D eigenvalue weighted by molar-refractivity contribution is -0.112. The van der Waals surface area contributed by atoms with Gasteiger partial charge in [-0.1, -0.05) is 0 Å². The predicted octanol–water partition coefficient (Wildman–Crippen LogP) is 1.72. The fourth-order valence-corrected chi connectivity index (χ4v) is 2.64. The van der Waals surface area contributed by atoms with Gasteiger partial charge in [-0.25, -0.2) is 4.98 Å². The highest BCUT2D eigenvalue weighted by Crippen LogP contribution is 2.26. The second kappa shape index (κ2) is 6.60. The highest BCUT2D eigenvalue weighted by atomic mass is 16.2. The molecule has 0 unspecified atom stereocenters. The number of aryl methyl sites for hydroxylation is 1. The quantitative estimate of drug-likeness (QED) is 0.671. The van der Waals surface area contributed by atoms with E-state index in [2.05, 4.69) is 20.3 Å². The molecule has 0 spiro atoms. The average Bonchev–Trinajstić information content (AvgIpc) is 3.26. The minimum absolute atomic E-state index is 0.288. The number of carbonyl (C=O) groups excluding carboxylic acids is 2. The lowest BCUT2D eigenvalue weighted by Crippen LogP contribution is -2.26. The summed E-state index contributed by atoms with van der Waals surface area (Å²) >= 11 is 0. The van der Waals surface area contributed by atoms with Gasteiger partial charge < -0.3 is 10.2 Å².